The summed E-state index contributed by atoms with van der Waals surface area (Å²) in [6, 6.07) is 12.2. The lowest BCUT2D eigenvalue weighted by molar-refractivity contribution is 0.414. The van der Waals surface area contributed by atoms with Crippen molar-refractivity contribution >= 4 is 23.3 Å². The Morgan fingerprint density at radius 3 is 2.38 bits per heavy atom. The van der Waals surface area contributed by atoms with Crippen LogP contribution in [0.3, 0.4) is 0 Å². The number of halogens is 1. The predicted octanol–water partition coefficient (Wildman–Crippen LogP) is 2.26. The van der Waals surface area contributed by atoms with Gasteiger partial charge in [-0.25, -0.2) is 18.9 Å². The Kier molecular flexibility index (Phi) is 6.31. The molecule has 11 heteroatoms. The Bertz CT molecular complexity index is 1570. The van der Waals surface area contributed by atoms with E-state index in [2.05, 4.69) is 0 Å². The third-order valence-electron chi connectivity index (χ3n) is 5.45. The molecule has 0 amide bonds. The van der Waals surface area contributed by atoms with Gasteiger partial charge in [0.1, 0.15) is 34.8 Å². The van der Waals surface area contributed by atoms with Crippen molar-refractivity contribution in [3.05, 3.63) is 96.7 Å². The number of ether oxygens (including phenoxy) is 1. The number of hydrogen-bond donors (Lipinski definition) is 1. The average molecular weight is 485 g/mol. The van der Waals surface area contributed by atoms with E-state index in [1.807, 2.05) is 0 Å². The standard InChI is InChI=1S/C23H21FN4O5S/c1-13-4-9-17(16(24)10-13)28-21-20(18(33-34-25)11-19(29)26(21)2)22(30)27(23(28)31)12-14-5-7-15(32-3)8-6-14/h4-11H,12,25H2,1-3H3. The largest absolute Gasteiger partial charge is 0.497 e. The molecule has 2 N–H and O–H groups in total. The molecule has 0 fully saturated rings. The number of aromatic nitrogens is 3. The second-order valence-corrected chi connectivity index (χ2v) is 7.96. The zero-order chi connectivity index (χ0) is 24.6. The zero-order valence-electron chi connectivity index (χ0n) is 18.6. The van der Waals surface area contributed by atoms with Crippen LogP contribution in [0.2, 0.25) is 0 Å². The molecule has 0 atom stereocenters. The summed E-state index contributed by atoms with van der Waals surface area (Å²) in [4.78, 5) is 39.8. The highest BCUT2D eigenvalue weighted by molar-refractivity contribution is 7.92. The van der Waals surface area contributed by atoms with E-state index in [0.29, 0.717) is 29.1 Å². The molecular weight excluding hydrogens is 463 g/mol. The van der Waals surface area contributed by atoms with Gasteiger partial charge < -0.3 is 8.92 Å². The van der Waals surface area contributed by atoms with E-state index in [1.54, 1.807) is 37.3 Å². The fraction of sp³-hybridized carbons (Fsp3) is 0.174. The molecule has 176 valence electrons. The van der Waals surface area contributed by atoms with Crippen LogP contribution in [-0.4, -0.2) is 20.8 Å². The predicted molar refractivity (Wildman–Crippen MR) is 128 cm³/mol. The highest BCUT2D eigenvalue weighted by Gasteiger charge is 2.23. The summed E-state index contributed by atoms with van der Waals surface area (Å²) < 4.78 is 28.6. The molecular formula is C23H21FN4O5S. The molecule has 0 unspecified atom stereocenters. The van der Waals surface area contributed by atoms with Crippen molar-refractivity contribution in [2.75, 3.05) is 7.11 Å². The van der Waals surface area contributed by atoms with Crippen molar-refractivity contribution in [2.45, 2.75) is 13.5 Å². The van der Waals surface area contributed by atoms with E-state index in [0.717, 1.165) is 19.8 Å². The molecule has 0 aliphatic rings. The summed E-state index contributed by atoms with van der Waals surface area (Å²) in [6.07, 6.45) is 0. The van der Waals surface area contributed by atoms with E-state index in [9.17, 15) is 14.4 Å². The average Bonchev–Trinajstić information content (AvgIpc) is 2.81. The topological polar surface area (TPSA) is 110 Å². The van der Waals surface area contributed by atoms with E-state index < -0.39 is 22.6 Å². The summed E-state index contributed by atoms with van der Waals surface area (Å²) in [5, 5.41) is 5.35. The van der Waals surface area contributed by atoms with Gasteiger partial charge in [-0.05, 0) is 42.3 Å². The Balaban J connectivity index is 2.14. The zero-order valence-corrected chi connectivity index (χ0v) is 19.4. The summed E-state index contributed by atoms with van der Waals surface area (Å²) in [7, 11) is 2.91. The molecule has 2 heterocycles. The quantitative estimate of drug-likeness (QED) is 0.330. The van der Waals surface area contributed by atoms with Crippen molar-refractivity contribution in [2.24, 2.45) is 12.2 Å². The van der Waals surface area contributed by atoms with Crippen LogP contribution in [0.1, 0.15) is 11.1 Å². The van der Waals surface area contributed by atoms with Crippen LogP contribution in [0, 0.1) is 12.7 Å². The fourth-order valence-corrected chi connectivity index (χ4v) is 3.98. The van der Waals surface area contributed by atoms with Crippen LogP contribution in [0.15, 0.2) is 62.9 Å². The number of pyridine rings is 1. The molecule has 0 aliphatic carbocycles. The summed E-state index contributed by atoms with van der Waals surface area (Å²) >= 11 is 0.446. The molecule has 0 saturated heterocycles. The third-order valence-corrected chi connectivity index (χ3v) is 5.72. The van der Waals surface area contributed by atoms with Crippen LogP contribution in [0.25, 0.3) is 16.7 Å². The molecule has 0 aliphatic heterocycles. The minimum absolute atomic E-state index is 0.0897. The maximum absolute atomic E-state index is 15.1. The van der Waals surface area contributed by atoms with Crippen molar-refractivity contribution < 1.29 is 13.3 Å². The smallest absolute Gasteiger partial charge is 0.337 e. The second kappa shape index (κ2) is 9.20. The summed E-state index contributed by atoms with van der Waals surface area (Å²) in [5.74, 6) is -0.204. The Hall–Kier alpha value is -3.83. The van der Waals surface area contributed by atoms with Crippen molar-refractivity contribution in [1.29, 1.82) is 0 Å². The molecule has 2 aromatic heterocycles. The Morgan fingerprint density at radius 1 is 1.06 bits per heavy atom. The lowest BCUT2D eigenvalue weighted by atomic mass is 10.2. The number of benzene rings is 2. The van der Waals surface area contributed by atoms with Gasteiger partial charge >= 0.3 is 5.69 Å². The third kappa shape index (κ3) is 3.99. The lowest BCUT2D eigenvalue weighted by Crippen LogP contribution is -2.42. The van der Waals surface area contributed by atoms with Crippen molar-refractivity contribution in [3.63, 3.8) is 0 Å². The molecule has 2 aromatic carbocycles. The van der Waals surface area contributed by atoms with Gasteiger partial charge in [-0.15, -0.1) is 0 Å². The van der Waals surface area contributed by atoms with Gasteiger partial charge in [0, 0.05) is 13.1 Å². The number of methoxy groups -OCH3 is 1. The Labute approximate surface area is 197 Å². The molecule has 0 radical (unpaired) electrons. The van der Waals surface area contributed by atoms with Crippen LogP contribution in [0.4, 0.5) is 4.39 Å². The Morgan fingerprint density at radius 2 is 1.76 bits per heavy atom. The van der Waals surface area contributed by atoms with E-state index >= 15 is 4.39 Å². The first-order valence-corrected chi connectivity index (χ1v) is 10.9. The van der Waals surface area contributed by atoms with Gasteiger partial charge in [0.2, 0.25) is 0 Å². The van der Waals surface area contributed by atoms with Gasteiger partial charge in [0.25, 0.3) is 11.1 Å². The minimum Gasteiger partial charge on any atom is -0.497 e. The number of fused-ring (bicyclic) bond motifs is 1. The van der Waals surface area contributed by atoms with Crippen LogP contribution in [0.5, 0.6) is 11.5 Å². The number of nitrogens with zero attached hydrogens (tertiary/aromatic N) is 3. The van der Waals surface area contributed by atoms with Crippen LogP contribution >= 0.6 is 12.2 Å². The lowest BCUT2D eigenvalue weighted by Gasteiger charge is -2.18. The first-order chi connectivity index (χ1) is 16.3. The van der Waals surface area contributed by atoms with E-state index in [1.165, 1.54) is 26.3 Å². The second-order valence-electron chi connectivity index (χ2n) is 7.60. The summed E-state index contributed by atoms with van der Waals surface area (Å²) in [5.41, 5.74) is -1.04. The SMILES string of the molecule is COc1ccc(Cn2c(=O)c3c(OSN)cc(=O)n(C)c3n(-c3ccc(C)cc3F)c2=O)cc1. The van der Waals surface area contributed by atoms with Crippen LogP contribution < -0.4 is 30.9 Å². The molecule has 9 nitrogen and oxygen atoms in total. The monoisotopic (exact) mass is 484 g/mol. The molecule has 4 aromatic rings. The van der Waals surface area contributed by atoms with Gasteiger partial charge in [0.05, 0.1) is 19.3 Å². The van der Waals surface area contributed by atoms with Crippen molar-refractivity contribution in [3.8, 4) is 17.2 Å². The fourth-order valence-electron chi connectivity index (χ4n) is 3.74. The van der Waals surface area contributed by atoms with E-state index in [-0.39, 0.29) is 29.0 Å². The maximum atomic E-state index is 15.1. The normalized spacial score (nSPS) is 11.1. The molecule has 0 bridgehead atoms. The van der Waals surface area contributed by atoms with Crippen molar-refractivity contribution in [1.82, 2.24) is 13.7 Å². The minimum atomic E-state index is -0.816. The van der Waals surface area contributed by atoms with Gasteiger partial charge in [-0.1, -0.05) is 18.2 Å². The van der Waals surface area contributed by atoms with Gasteiger partial charge in [-0.2, -0.15) is 0 Å². The number of rotatable bonds is 6. The first kappa shape index (κ1) is 23.3. The number of aryl methyl sites for hydroxylation is 2. The highest BCUT2D eigenvalue weighted by Crippen LogP contribution is 2.24. The molecule has 0 saturated carbocycles. The molecule has 4 rings (SSSR count). The number of nitrogens with two attached hydrogens (primary N) is 1. The highest BCUT2D eigenvalue weighted by atomic mass is 32.2. The van der Waals surface area contributed by atoms with Gasteiger partial charge in [0.15, 0.2) is 5.75 Å². The van der Waals surface area contributed by atoms with Crippen LogP contribution in [-0.2, 0) is 13.6 Å². The maximum Gasteiger partial charge on any atom is 0.337 e. The first-order valence-electron chi connectivity index (χ1n) is 10.1. The van der Waals surface area contributed by atoms with Gasteiger partial charge in [-0.3, -0.25) is 18.7 Å². The molecule has 34 heavy (non-hydrogen) atoms. The molecule has 0 spiro atoms. The van der Waals surface area contributed by atoms with E-state index in [4.69, 9.17) is 14.1 Å². The summed E-state index contributed by atoms with van der Waals surface area (Å²) in [6.45, 7) is 1.60. The number of hydrogen-bond acceptors (Lipinski definition) is 7.